The molecule has 2 N–H and O–H groups in total. The van der Waals surface area contributed by atoms with Crippen molar-refractivity contribution < 1.29 is 14.4 Å². The molecule has 0 bridgehead atoms. The van der Waals surface area contributed by atoms with Crippen molar-refractivity contribution >= 4 is 28.7 Å². The molecule has 0 unspecified atom stereocenters. The molecule has 0 saturated carbocycles. The molecule has 0 heterocycles. The molecule has 0 fully saturated rings. The summed E-state index contributed by atoms with van der Waals surface area (Å²) in [6.07, 6.45) is 0. The molecular formula is C18H21N3O4S. The lowest BCUT2D eigenvalue weighted by Crippen LogP contribution is -2.31. The number of nitrogens with zero attached hydrogens (tertiary/aromatic N) is 1. The quantitative estimate of drug-likeness (QED) is 0.429. The van der Waals surface area contributed by atoms with Crippen LogP contribution in [0.2, 0.25) is 0 Å². The van der Waals surface area contributed by atoms with E-state index < -0.39 is 4.92 Å². The molecule has 138 valence electrons. The number of rotatable bonds is 7. The summed E-state index contributed by atoms with van der Waals surface area (Å²) < 4.78 is 10.6. The number of non-ortho nitro benzene ring substituents is 1. The second-order valence-electron chi connectivity index (χ2n) is 5.46. The average molecular weight is 375 g/mol. The van der Waals surface area contributed by atoms with E-state index in [0.29, 0.717) is 23.2 Å². The van der Waals surface area contributed by atoms with E-state index >= 15 is 0 Å². The Morgan fingerprint density at radius 2 is 1.96 bits per heavy atom. The predicted octanol–water partition coefficient (Wildman–Crippen LogP) is 4.05. The molecule has 0 aliphatic heterocycles. The number of nitro groups is 1. The van der Waals surface area contributed by atoms with Crippen molar-refractivity contribution in [3.8, 4) is 11.5 Å². The van der Waals surface area contributed by atoms with E-state index in [1.807, 2.05) is 38.1 Å². The van der Waals surface area contributed by atoms with E-state index in [4.69, 9.17) is 21.7 Å². The van der Waals surface area contributed by atoms with Gasteiger partial charge in [0.25, 0.3) is 5.69 Å². The van der Waals surface area contributed by atoms with Gasteiger partial charge in [-0.1, -0.05) is 12.1 Å². The second kappa shape index (κ2) is 9.00. The zero-order chi connectivity index (χ0) is 19.1. The van der Waals surface area contributed by atoms with E-state index in [0.717, 1.165) is 11.3 Å². The summed E-state index contributed by atoms with van der Waals surface area (Å²) in [6, 6.07) is 12.0. The standard InChI is InChI=1S/C18H21N3O4S/c1-4-25-15-8-5-13(6-9-15)12(2)19-18(26)20-16-10-7-14(21(22)23)11-17(16)24-3/h5-12H,4H2,1-3H3,(H2,19,20,26)/t12-/m0/s1. The van der Waals surface area contributed by atoms with E-state index in [1.54, 1.807) is 6.07 Å². The first kappa shape index (κ1) is 19.5. The highest BCUT2D eigenvalue weighted by Gasteiger charge is 2.13. The van der Waals surface area contributed by atoms with Gasteiger partial charge in [-0.2, -0.15) is 0 Å². The number of nitrogens with one attached hydrogen (secondary N) is 2. The number of hydrogen-bond donors (Lipinski definition) is 2. The molecule has 0 saturated heterocycles. The van der Waals surface area contributed by atoms with Crippen LogP contribution in [0.1, 0.15) is 25.5 Å². The number of benzene rings is 2. The van der Waals surface area contributed by atoms with Gasteiger partial charge in [-0.05, 0) is 49.8 Å². The molecule has 2 aromatic rings. The van der Waals surface area contributed by atoms with Gasteiger partial charge in [0.15, 0.2) is 5.11 Å². The first-order valence-electron chi connectivity index (χ1n) is 8.07. The van der Waals surface area contributed by atoms with Crippen LogP contribution in [0, 0.1) is 10.1 Å². The molecule has 7 nitrogen and oxygen atoms in total. The zero-order valence-corrected chi connectivity index (χ0v) is 15.6. The molecule has 2 aromatic carbocycles. The molecule has 0 aromatic heterocycles. The largest absolute Gasteiger partial charge is 0.494 e. The van der Waals surface area contributed by atoms with Crippen molar-refractivity contribution in [2.75, 3.05) is 19.0 Å². The minimum Gasteiger partial charge on any atom is -0.494 e. The van der Waals surface area contributed by atoms with Crippen LogP contribution in [0.15, 0.2) is 42.5 Å². The number of anilines is 1. The Kier molecular flexibility index (Phi) is 6.74. The summed E-state index contributed by atoms with van der Waals surface area (Å²) in [6.45, 7) is 4.55. The van der Waals surface area contributed by atoms with Crippen molar-refractivity contribution in [3.05, 3.63) is 58.1 Å². The molecular weight excluding hydrogens is 354 g/mol. The molecule has 26 heavy (non-hydrogen) atoms. The average Bonchev–Trinajstić information content (AvgIpc) is 2.62. The fourth-order valence-corrected chi connectivity index (χ4v) is 2.64. The summed E-state index contributed by atoms with van der Waals surface area (Å²) in [4.78, 5) is 10.4. The van der Waals surface area contributed by atoms with Crippen LogP contribution >= 0.6 is 12.2 Å². The molecule has 0 radical (unpaired) electrons. The van der Waals surface area contributed by atoms with Crippen molar-refractivity contribution in [1.29, 1.82) is 0 Å². The van der Waals surface area contributed by atoms with Crippen molar-refractivity contribution in [2.24, 2.45) is 0 Å². The third-order valence-electron chi connectivity index (χ3n) is 3.68. The summed E-state index contributed by atoms with van der Waals surface area (Å²) in [7, 11) is 1.45. The first-order chi connectivity index (χ1) is 12.4. The van der Waals surface area contributed by atoms with Gasteiger partial charge in [0, 0.05) is 6.07 Å². The Morgan fingerprint density at radius 3 is 2.54 bits per heavy atom. The zero-order valence-electron chi connectivity index (χ0n) is 14.8. The molecule has 1 atom stereocenters. The van der Waals surface area contributed by atoms with Crippen LogP contribution in [-0.4, -0.2) is 23.8 Å². The monoisotopic (exact) mass is 375 g/mol. The Balaban J connectivity index is 2.02. The van der Waals surface area contributed by atoms with Gasteiger partial charge in [0.2, 0.25) is 0 Å². The van der Waals surface area contributed by atoms with Gasteiger partial charge in [-0.3, -0.25) is 10.1 Å². The molecule has 0 aliphatic carbocycles. The minimum atomic E-state index is -0.475. The van der Waals surface area contributed by atoms with Crippen LogP contribution in [0.25, 0.3) is 0 Å². The molecule has 0 aliphatic rings. The maximum absolute atomic E-state index is 10.9. The van der Waals surface area contributed by atoms with Crippen LogP contribution in [0.5, 0.6) is 11.5 Å². The Morgan fingerprint density at radius 1 is 1.27 bits per heavy atom. The lowest BCUT2D eigenvalue weighted by atomic mass is 10.1. The van der Waals surface area contributed by atoms with Crippen molar-refractivity contribution in [1.82, 2.24) is 5.32 Å². The number of nitro benzene ring substituents is 1. The van der Waals surface area contributed by atoms with Crippen LogP contribution < -0.4 is 20.1 Å². The lowest BCUT2D eigenvalue weighted by Gasteiger charge is -2.18. The maximum atomic E-state index is 10.9. The third kappa shape index (κ3) is 5.06. The second-order valence-corrected chi connectivity index (χ2v) is 5.87. The van der Waals surface area contributed by atoms with Crippen LogP contribution in [0.3, 0.4) is 0 Å². The number of methoxy groups -OCH3 is 1. The molecule has 0 spiro atoms. The van der Waals surface area contributed by atoms with Gasteiger partial charge < -0.3 is 20.1 Å². The highest BCUT2D eigenvalue weighted by atomic mass is 32.1. The Hall–Kier alpha value is -2.87. The lowest BCUT2D eigenvalue weighted by molar-refractivity contribution is -0.384. The third-order valence-corrected chi connectivity index (χ3v) is 3.90. The summed E-state index contributed by atoms with van der Waals surface area (Å²) in [5.41, 5.74) is 1.55. The van der Waals surface area contributed by atoms with Gasteiger partial charge in [-0.15, -0.1) is 0 Å². The first-order valence-corrected chi connectivity index (χ1v) is 8.48. The Labute approximate surface area is 157 Å². The topological polar surface area (TPSA) is 85.7 Å². The van der Waals surface area contributed by atoms with Gasteiger partial charge >= 0.3 is 0 Å². The molecule has 0 amide bonds. The van der Waals surface area contributed by atoms with Gasteiger partial charge in [0.05, 0.1) is 36.4 Å². The molecule has 8 heteroatoms. The highest BCUT2D eigenvalue weighted by molar-refractivity contribution is 7.80. The number of ether oxygens (including phenoxy) is 2. The van der Waals surface area contributed by atoms with Crippen molar-refractivity contribution in [2.45, 2.75) is 19.9 Å². The predicted molar refractivity (Wildman–Crippen MR) is 105 cm³/mol. The maximum Gasteiger partial charge on any atom is 0.273 e. The van der Waals surface area contributed by atoms with E-state index in [9.17, 15) is 10.1 Å². The van der Waals surface area contributed by atoms with Crippen LogP contribution in [0.4, 0.5) is 11.4 Å². The summed E-state index contributed by atoms with van der Waals surface area (Å²) in [5.74, 6) is 1.16. The summed E-state index contributed by atoms with van der Waals surface area (Å²) in [5, 5.41) is 17.4. The highest BCUT2D eigenvalue weighted by Crippen LogP contribution is 2.29. The van der Waals surface area contributed by atoms with Gasteiger partial charge in [-0.25, -0.2) is 0 Å². The van der Waals surface area contributed by atoms with Crippen LogP contribution in [-0.2, 0) is 0 Å². The number of thiocarbonyl (C=S) groups is 1. The van der Waals surface area contributed by atoms with E-state index in [-0.39, 0.29) is 11.7 Å². The fourth-order valence-electron chi connectivity index (χ4n) is 2.35. The van der Waals surface area contributed by atoms with E-state index in [1.165, 1.54) is 19.2 Å². The SMILES string of the molecule is CCOc1ccc([C@H](C)NC(=S)Nc2ccc([N+](=O)[O-])cc2OC)cc1. The Bertz CT molecular complexity index is 781. The smallest absolute Gasteiger partial charge is 0.273 e. The van der Waals surface area contributed by atoms with Gasteiger partial charge in [0.1, 0.15) is 11.5 Å². The van der Waals surface area contributed by atoms with E-state index in [2.05, 4.69) is 10.6 Å². The summed E-state index contributed by atoms with van der Waals surface area (Å²) >= 11 is 5.34. The fraction of sp³-hybridized carbons (Fsp3) is 0.278. The normalized spacial score (nSPS) is 11.3. The minimum absolute atomic E-state index is 0.0327. The van der Waals surface area contributed by atoms with Crippen molar-refractivity contribution in [3.63, 3.8) is 0 Å². The molecule has 2 rings (SSSR count). The number of hydrogen-bond acceptors (Lipinski definition) is 5.